The molecule has 290 valence electrons. The van der Waals surface area contributed by atoms with Crippen LogP contribution in [0.25, 0.3) is 0 Å². The SMILES string of the molecule is CCC.CCC=C1CN[C@@H](C)COc2c(F)cccc2CCCNC(=O)C(CN2CCCC2)NC(=C2CCC2)CN1.CCCc1ccc(C)cc1Cl. The van der Waals surface area contributed by atoms with E-state index in [1.807, 2.05) is 12.1 Å². The summed E-state index contributed by atoms with van der Waals surface area (Å²) < 4.78 is 20.6. The molecule has 7 nitrogen and oxygen atoms in total. The van der Waals surface area contributed by atoms with Gasteiger partial charge in [-0.1, -0.05) is 82.5 Å². The molecule has 1 saturated carbocycles. The van der Waals surface area contributed by atoms with Crippen LogP contribution in [0, 0.1) is 12.7 Å². The molecule has 9 heteroatoms. The van der Waals surface area contributed by atoms with Crippen molar-refractivity contribution in [2.45, 2.75) is 124 Å². The van der Waals surface area contributed by atoms with Gasteiger partial charge in [0.25, 0.3) is 0 Å². The highest BCUT2D eigenvalue weighted by molar-refractivity contribution is 6.31. The number of fused-ring (bicyclic) bond motifs is 1. The number of hydrogen-bond acceptors (Lipinski definition) is 6. The summed E-state index contributed by atoms with van der Waals surface area (Å²) in [5.74, 6) is 0.0140. The largest absolute Gasteiger partial charge is 0.489 e. The topological polar surface area (TPSA) is 77.7 Å². The number of halogens is 2. The molecule has 1 aliphatic carbocycles. The van der Waals surface area contributed by atoms with Crippen molar-refractivity contribution in [1.29, 1.82) is 0 Å². The number of benzene rings is 2. The number of nitrogens with one attached hydrogen (secondary N) is 4. The minimum Gasteiger partial charge on any atom is -0.489 e. The highest BCUT2D eigenvalue weighted by Gasteiger charge is 2.26. The Morgan fingerprint density at radius 3 is 2.38 bits per heavy atom. The molecule has 52 heavy (non-hydrogen) atoms. The first kappa shape index (κ1) is 43.3. The molecule has 0 aromatic heterocycles. The van der Waals surface area contributed by atoms with Crippen LogP contribution in [-0.2, 0) is 17.6 Å². The molecule has 5 rings (SSSR count). The Bertz CT molecular complexity index is 1420. The fourth-order valence-corrected chi connectivity index (χ4v) is 6.75. The van der Waals surface area contributed by atoms with E-state index in [0.717, 1.165) is 67.9 Å². The van der Waals surface area contributed by atoms with E-state index in [-0.39, 0.29) is 23.8 Å². The molecule has 4 N–H and O–H groups in total. The van der Waals surface area contributed by atoms with Gasteiger partial charge >= 0.3 is 0 Å². The van der Waals surface area contributed by atoms with Crippen LogP contribution in [0.1, 0.15) is 109 Å². The number of ether oxygens (including phenoxy) is 1. The van der Waals surface area contributed by atoms with E-state index < -0.39 is 0 Å². The summed E-state index contributed by atoms with van der Waals surface area (Å²) in [7, 11) is 0. The molecule has 2 atom stereocenters. The van der Waals surface area contributed by atoms with Crippen molar-refractivity contribution in [3.63, 3.8) is 0 Å². The molecule has 1 unspecified atom stereocenters. The lowest BCUT2D eigenvalue weighted by molar-refractivity contribution is -0.123. The number of amides is 1. The third kappa shape index (κ3) is 15.1. The van der Waals surface area contributed by atoms with Crippen LogP contribution in [0.5, 0.6) is 5.75 Å². The van der Waals surface area contributed by atoms with Gasteiger partial charge in [-0.25, -0.2) is 4.39 Å². The first-order chi connectivity index (χ1) is 25.2. The maximum atomic E-state index is 14.6. The first-order valence-electron chi connectivity index (χ1n) is 20.0. The molecule has 2 fully saturated rings. The fourth-order valence-electron chi connectivity index (χ4n) is 6.42. The van der Waals surface area contributed by atoms with Crippen LogP contribution in [0.4, 0.5) is 4.39 Å². The van der Waals surface area contributed by atoms with Crippen molar-refractivity contribution in [3.05, 3.63) is 87.0 Å². The molecule has 0 spiro atoms. The van der Waals surface area contributed by atoms with Crippen LogP contribution in [0.3, 0.4) is 0 Å². The normalized spacial score (nSPS) is 21.3. The second kappa shape index (κ2) is 24.3. The third-order valence-electron chi connectivity index (χ3n) is 9.45. The molecule has 0 radical (unpaired) electrons. The summed E-state index contributed by atoms with van der Waals surface area (Å²) in [6.07, 6.45) is 13.8. The Kier molecular flexibility index (Phi) is 20.2. The minimum atomic E-state index is -0.340. The van der Waals surface area contributed by atoms with E-state index >= 15 is 0 Å². The molecule has 2 aromatic rings. The lowest BCUT2D eigenvalue weighted by Gasteiger charge is -2.30. The summed E-state index contributed by atoms with van der Waals surface area (Å²) in [4.78, 5) is 15.8. The number of nitrogens with zero attached hydrogens (tertiary/aromatic N) is 1. The van der Waals surface area contributed by atoms with Crippen molar-refractivity contribution in [1.82, 2.24) is 26.2 Å². The number of aryl methyl sites for hydroxylation is 3. The predicted octanol–water partition coefficient (Wildman–Crippen LogP) is 8.64. The zero-order chi connectivity index (χ0) is 37.7. The summed E-state index contributed by atoms with van der Waals surface area (Å²) in [6.45, 7) is 17.7. The van der Waals surface area contributed by atoms with Crippen molar-refractivity contribution >= 4 is 17.5 Å². The Hall–Kier alpha value is -3.07. The van der Waals surface area contributed by atoms with Gasteiger partial charge in [0.1, 0.15) is 12.6 Å². The highest BCUT2D eigenvalue weighted by atomic mass is 35.5. The van der Waals surface area contributed by atoms with Crippen molar-refractivity contribution < 1.29 is 13.9 Å². The zero-order valence-electron chi connectivity index (χ0n) is 32.9. The van der Waals surface area contributed by atoms with Gasteiger partial charge in [0.2, 0.25) is 5.91 Å². The Balaban J connectivity index is 0.000000437. The molecule has 2 aromatic carbocycles. The van der Waals surface area contributed by atoms with Gasteiger partial charge in [-0.15, -0.1) is 0 Å². The quantitative estimate of drug-likeness (QED) is 0.246. The van der Waals surface area contributed by atoms with Crippen LogP contribution < -0.4 is 26.0 Å². The lowest BCUT2D eigenvalue weighted by atomic mass is 9.90. The molecular formula is C43H67ClFN5O2. The van der Waals surface area contributed by atoms with Crippen LogP contribution in [0.15, 0.2) is 59.4 Å². The van der Waals surface area contributed by atoms with E-state index in [0.29, 0.717) is 45.0 Å². The Morgan fingerprint density at radius 1 is 0.981 bits per heavy atom. The standard InChI is InChI=1S/C30H46FN5O2.C10H13Cl.C3H8/c1-3-9-25-18-33-22(2)21-38-29-24(12-7-14-26(29)31)13-8-15-32-30(37)28(20-36-16-4-5-17-36)35-27(19-34-25)23-10-6-11-23;1-3-4-9-6-5-8(2)7-10(9)11;1-3-2/h7,9,12,14,22,28,33-35H,3-6,8,10-11,13,15-21H2,1-2H3,(H,32,37);5-7H,3-4H2,1-2H3;3H2,1-2H3/t22-,28?;;/m0../s1. The number of rotatable bonds is 5. The molecule has 1 amide bonds. The maximum absolute atomic E-state index is 14.6. The molecule has 1 saturated heterocycles. The van der Waals surface area contributed by atoms with Crippen molar-refractivity contribution in [2.75, 3.05) is 45.9 Å². The first-order valence-corrected chi connectivity index (χ1v) is 20.4. The minimum absolute atomic E-state index is 0.0333. The number of allylic oxidation sites excluding steroid dienone is 2. The van der Waals surface area contributed by atoms with Crippen molar-refractivity contribution in [2.24, 2.45) is 0 Å². The molecule has 0 bridgehead atoms. The van der Waals surface area contributed by atoms with Gasteiger partial charge in [-0.2, -0.15) is 0 Å². The summed E-state index contributed by atoms with van der Waals surface area (Å²) >= 11 is 6.01. The van der Waals surface area contributed by atoms with E-state index in [1.165, 1.54) is 54.1 Å². The van der Waals surface area contributed by atoms with Crippen LogP contribution in [0.2, 0.25) is 5.02 Å². The smallest absolute Gasteiger partial charge is 0.243 e. The second-order valence-corrected chi connectivity index (χ2v) is 14.8. The Labute approximate surface area is 319 Å². The van der Waals surface area contributed by atoms with E-state index in [1.54, 1.807) is 6.07 Å². The van der Waals surface area contributed by atoms with Gasteiger partial charge in [-0.3, -0.25) is 4.79 Å². The number of hydrogen-bond donors (Lipinski definition) is 4. The average molecular weight is 740 g/mol. The molecule has 2 heterocycles. The van der Waals surface area contributed by atoms with Gasteiger partial charge in [0.15, 0.2) is 11.6 Å². The summed E-state index contributed by atoms with van der Waals surface area (Å²) in [5, 5.41) is 14.9. The van der Waals surface area contributed by atoms with E-state index in [4.69, 9.17) is 16.3 Å². The second-order valence-electron chi connectivity index (χ2n) is 14.4. The third-order valence-corrected chi connectivity index (χ3v) is 9.80. The molecule has 2 aliphatic heterocycles. The monoisotopic (exact) mass is 739 g/mol. The summed E-state index contributed by atoms with van der Waals surface area (Å²) in [6, 6.07) is 11.1. The fraction of sp³-hybridized carbons (Fsp3) is 0.605. The van der Waals surface area contributed by atoms with Gasteiger partial charge in [0.05, 0.1) is 6.54 Å². The van der Waals surface area contributed by atoms with E-state index in [9.17, 15) is 9.18 Å². The number of para-hydroxylation sites is 1. The summed E-state index contributed by atoms with van der Waals surface area (Å²) in [5.41, 5.74) is 7.04. The molecular weight excluding hydrogens is 673 g/mol. The van der Waals surface area contributed by atoms with Crippen LogP contribution >= 0.6 is 11.6 Å². The van der Waals surface area contributed by atoms with Crippen LogP contribution in [-0.4, -0.2) is 68.8 Å². The van der Waals surface area contributed by atoms with E-state index in [2.05, 4.69) is 85.9 Å². The average Bonchev–Trinajstić information content (AvgIpc) is 3.61. The predicted molar refractivity (Wildman–Crippen MR) is 217 cm³/mol. The van der Waals surface area contributed by atoms with Gasteiger partial charge in [0, 0.05) is 42.1 Å². The number of likely N-dealkylation sites (tertiary alicyclic amines) is 1. The number of carbonyl (C=O) groups is 1. The Morgan fingerprint density at radius 2 is 1.73 bits per heavy atom. The lowest BCUT2D eigenvalue weighted by Crippen LogP contribution is -2.51. The zero-order valence-corrected chi connectivity index (χ0v) is 33.7. The number of carbonyl (C=O) groups excluding carboxylic acids is 1. The van der Waals surface area contributed by atoms with Gasteiger partial charge in [-0.05, 0) is 119 Å². The maximum Gasteiger partial charge on any atom is 0.243 e. The van der Waals surface area contributed by atoms with Gasteiger partial charge < -0.3 is 30.9 Å². The van der Waals surface area contributed by atoms with Crippen molar-refractivity contribution in [3.8, 4) is 5.75 Å². The highest BCUT2D eigenvalue weighted by Crippen LogP contribution is 2.28. The molecule has 3 aliphatic rings.